The molecule has 0 aliphatic rings. The number of thioether (sulfide) groups is 1. The van der Waals surface area contributed by atoms with E-state index in [0.29, 0.717) is 5.16 Å². The fourth-order valence-electron chi connectivity index (χ4n) is 2.16. The van der Waals surface area contributed by atoms with Gasteiger partial charge in [-0.2, -0.15) is 5.10 Å². The third kappa shape index (κ3) is 4.54. The molecule has 0 fully saturated rings. The summed E-state index contributed by atoms with van der Waals surface area (Å²) in [6.07, 6.45) is 1.61. The summed E-state index contributed by atoms with van der Waals surface area (Å²) in [5.74, 6) is 0.791. The molecule has 2 aromatic carbocycles. The summed E-state index contributed by atoms with van der Waals surface area (Å²) in [4.78, 5) is 11.9. The van der Waals surface area contributed by atoms with Crippen molar-refractivity contribution in [2.24, 2.45) is 12.1 Å². The van der Waals surface area contributed by atoms with Crippen LogP contribution in [0.1, 0.15) is 5.56 Å². The van der Waals surface area contributed by atoms with E-state index in [1.165, 1.54) is 11.8 Å². The number of benzene rings is 2. The SMILES string of the molecule is Cn1c(SCC(=O)N/N=C/c2ccccc2)nnc1-c1ccccc1. The van der Waals surface area contributed by atoms with E-state index in [4.69, 9.17) is 0 Å². The number of nitrogens with zero attached hydrogens (tertiary/aromatic N) is 4. The zero-order chi connectivity index (χ0) is 17.5. The highest BCUT2D eigenvalue weighted by atomic mass is 32.2. The van der Waals surface area contributed by atoms with Gasteiger partial charge >= 0.3 is 0 Å². The first-order valence-electron chi connectivity index (χ1n) is 7.68. The zero-order valence-corrected chi connectivity index (χ0v) is 14.5. The second-order valence-electron chi connectivity index (χ2n) is 5.22. The van der Waals surface area contributed by atoms with Gasteiger partial charge in [-0.15, -0.1) is 10.2 Å². The molecule has 1 heterocycles. The molecule has 0 aliphatic heterocycles. The summed E-state index contributed by atoms with van der Waals surface area (Å²) in [5.41, 5.74) is 4.43. The van der Waals surface area contributed by atoms with Crippen LogP contribution in [0, 0.1) is 0 Å². The van der Waals surface area contributed by atoms with Crippen molar-refractivity contribution in [3.05, 3.63) is 66.2 Å². The Hall–Kier alpha value is -2.93. The molecule has 0 spiro atoms. The lowest BCUT2D eigenvalue weighted by Crippen LogP contribution is -2.19. The Morgan fingerprint density at radius 1 is 1.12 bits per heavy atom. The van der Waals surface area contributed by atoms with E-state index in [9.17, 15) is 4.79 Å². The van der Waals surface area contributed by atoms with Gasteiger partial charge in [0.05, 0.1) is 12.0 Å². The van der Waals surface area contributed by atoms with Crippen molar-refractivity contribution >= 4 is 23.9 Å². The Morgan fingerprint density at radius 3 is 2.52 bits per heavy atom. The van der Waals surface area contributed by atoms with E-state index in [0.717, 1.165) is 17.0 Å². The highest BCUT2D eigenvalue weighted by molar-refractivity contribution is 7.99. The van der Waals surface area contributed by atoms with Crippen LogP contribution >= 0.6 is 11.8 Å². The monoisotopic (exact) mass is 351 g/mol. The molecule has 1 N–H and O–H groups in total. The second-order valence-corrected chi connectivity index (χ2v) is 6.17. The van der Waals surface area contributed by atoms with Gasteiger partial charge in [0.15, 0.2) is 11.0 Å². The number of carbonyl (C=O) groups is 1. The van der Waals surface area contributed by atoms with E-state index in [1.54, 1.807) is 6.21 Å². The molecule has 0 radical (unpaired) electrons. The number of nitrogens with one attached hydrogen (secondary N) is 1. The molecule has 1 aromatic heterocycles. The minimum Gasteiger partial charge on any atom is -0.305 e. The van der Waals surface area contributed by atoms with Gasteiger partial charge in [0.25, 0.3) is 5.91 Å². The van der Waals surface area contributed by atoms with E-state index >= 15 is 0 Å². The number of hydrogen-bond acceptors (Lipinski definition) is 5. The van der Waals surface area contributed by atoms with Gasteiger partial charge in [-0.3, -0.25) is 4.79 Å². The van der Waals surface area contributed by atoms with Gasteiger partial charge < -0.3 is 4.57 Å². The van der Waals surface area contributed by atoms with Crippen LogP contribution in [-0.2, 0) is 11.8 Å². The maximum absolute atomic E-state index is 11.9. The second kappa shape index (κ2) is 8.25. The van der Waals surface area contributed by atoms with E-state index in [-0.39, 0.29) is 11.7 Å². The maximum atomic E-state index is 11.9. The molecular formula is C18H17N5OS. The minimum atomic E-state index is -0.193. The van der Waals surface area contributed by atoms with Crippen LogP contribution in [0.2, 0.25) is 0 Å². The fraction of sp³-hybridized carbons (Fsp3) is 0.111. The molecule has 1 amide bonds. The van der Waals surface area contributed by atoms with E-state index in [2.05, 4.69) is 20.7 Å². The Labute approximate surface area is 150 Å². The number of hydrogen-bond donors (Lipinski definition) is 1. The zero-order valence-electron chi connectivity index (χ0n) is 13.7. The van der Waals surface area contributed by atoms with Gasteiger partial charge in [-0.05, 0) is 5.56 Å². The van der Waals surface area contributed by atoms with E-state index in [1.807, 2.05) is 72.3 Å². The first-order chi connectivity index (χ1) is 12.2. The molecule has 6 nitrogen and oxygen atoms in total. The van der Waals surface area contributed by atoms with Crippen LogP contribution in [-0.4, -0.2) is 32.6 Å². The predicted molar refractivity (Wildman–Crippen MR) is 99.3 cm³/mol. The highest BCUT2D eigenvalue weighted by Gasteiger charge is 2.12. The van der Waals surface area contributed by atoms with Gasteiger partial charge in [0.1, 0.15) is 0 Å². The van der Waals surface area contributed by atoms with Crippen LogP contribution in [0.25, 0.3) is 11.4 Å². The van der Waals surface area contributed by atoms with Crippen LogP contribution in [0.15, 0.2) is 70.9 Å². The number of amides is 1. The number of rotatable bonds is 6. The molecule has 0 saturated carbocycles. The Bertz CT molecular complexity index is 862. The van der Waals surface area contributed by atoms with Crippen molar-refractivity contribution in [1.82, 2.24) is 20.2 Å². The molecule has 3 aromatic rings. The highest BCUT2D eigenvalue weighted by Crippen LogP contribution is 2.22. The van der Waals surface area contributed by atoms with Crippen molar-refractivity contribution in [1.29, 1.82) is 0 Å². The topological polar surface area (TPSA) is 72.2 Å². The van der Waals surface area contributed by atoms with Crippen LogP contribution in [0.3, 0.4) is 0 Å². The summed E-state index contributed by atoms with van der Waals surface area (Å²) in [5, 5.41) is 13.0. The van der Waals surface area contributed by atoms with Crippen LogP contribution in [0.5, 0.6) is 0 Å². The number of aromatic nitrogens is 3. The summed E-state index contributed by atoms with van der Waals surface area (Å²) in [6.45, 7) is 0. The average Bonchev–Trinajstić information content (AvgIpc) is 3.02. The van der Waals surface area contributed by atoms with Crippen molar-refractivity contribution < 1.29 is 4.79 Å². The Morgan fingerprint density at radius 2 is 1.80 bits per heavy atom. The maximum Gasteiger partial charge on any atom is 0.250 e. The average molecular weight is 351 g/mol. The van der Waals surface area contributed by atoms with Crippen molar-refractivity contribution in [2.75, 3.05) is 5.75 Å². The summed E-state index contributed by atoms with van der Waals surface area (Å²) in [6, 6.07) is 19.4. The Kier molecular flexibility index (Phi) is 5.58. The first kappa shape index (κ1) is 16.9. The molecular weight excluding hydrogens is 334 g/mol. The predicted octanol–water partition coefficient (Wildman–Crippen LogP) is 2.72. The lowest BCUT2D eigenvalue weighted by Gasteiger charge is -2.03. The van der Waals surface area contributed by atoms with Gasteiger partial charge in [0, 0.05) is 12.6 Å². The molecule has 25 heavy (non-hydrogen) atoms. The van der Waals surface area contributed by atoms with Gasteiger partial charge in [-0.25, -0.2) is 5.43 Å². The summed E-state index contributed by atoms with van der Waals surface area (Å²) < 4.78 is 1.88. The molecule has 0 saturated heterocycles. The summed E-state index contributed by atoms with van der Waals surface area (Å²) >= 11 is 1.32. The normalized spacial score (nSPS) is 10.9. The summed E-state index contributed by atoms with van der Waals surface area (Å²) in [7, 11) is 1.89. The van der Waals surface area contributed by atoms with Crippen molar-refractivity contribution in [3.8, 4) is 11.4 Å². The van der Waals surface area contributed by atoms with Crippen LogP contribution < -0.4 is 5.43 Å². The van der Waals surface area contributed by atoms with Crippen molar-refractivity contribution in [2.45, 2.75) is 5.16 Å². The quantitative estimate of drug-likeness (QED) is 0.421. The van der Waals surface area contributed by atoms with Gasteiger partial charge in [-0.1, -0.05) is 72.4 Å². The van der Waals surface area contributed by atoms with E-state index < -0.39 is 0 Å². The van der Waals surface area contributed by atoms with Gasteiger partial charge in [0.2, 0.25) is 0 Å². The fourth-order valence-corrected chi connectivity index (χ4v) is 2.86. The third-order valence-corrected chi connectivity index (χ3v) is 4.42. The number of hydrazone groups is 1. The lowest BCUT2D eigenvalue weighted by atomic mass is 10.2. The molecule has 0 unspecified atom stereocenters. The standard InChI is InChI=1S/C18H17N5OS/c1-23-17(15-10-6-3-7-11-15)21-22-18(23)25-13-16(24)20-19-12-14-8-4-2-5-9-14/h2-12H,13H2,1H3,(H,20,24)/b19-12+. The molecule has 126 valence electrons. The smallest absolute Gasteiger partial charge is 0.250 e. The first-order valence-corrected chi connectivity index (χ1v) is 8.67. The largest absolute Gasteiger partial charge is 0.305 e. The molecule has 7 heteroatoms. The number of carbonyl (C=O) groups excluding carboxylic acids is 1. The minimum absolute atomic E-state index is 0.193. The van der Waals surface area contributed by atoms with Crippen molar-refractivity contribution in [3.63, 3.8) is 0 Å². The lowest BCUT2D eigenvalue weighted by molar-refractivity contribution is -0.118. The molecule has 0 atom stereocenters. The van der Waals surface area contributed by atoms with Crippen LogP contribution in [0.4, 0.5) is 0 Å². The molecule has 3 rings (SSSR count). The Balaban J connectivity index is 1.54. The third-order valence-electron chi connectivity index (χ3n) is 3.40. The molecule has 0 bridgehead atoms. The molecule has 0 aliphatic carbocycles.